The van der Waals surface area contributed by atoms with E-state index >= 15 is 35.1 Å². The number of halogens is 10. The van der Waals surface area contributed by atoms with E-state index in [1.807, 2.05) is 0 Å². The lowest BCUT2D eigenvalue weighted by atomic mass is 9.75. The molecule has 0 aliphatic carbocycles. The molecule has 0 saturated carbocycles. The molecule has 278 valence electrons. The molecule has 46 heavy (non-hydrogen) atoms. The Labute approximate surface area is 266 Å². The fraction of sp³-hybridized carbons (Fsp3) is 1.00. The zero-order chi connectivity index (χ0) is 37.4. The van der Waals surface area contributed by atoms with Crippen LogP contribution < -0.4 is 5.73 Å². The molecule has 16 heteroatoms. The molecule has 0 aliphatic rings. The van der Waals surface area contributed by atoms with Gasteiger partial charge in [0.1, 0.15) is 5.60 Å². The van der Waals surface area contributed by atoms with Crippen molar-refractivity contribution in [3.63, 3.8) is 0 Å². The molecule has 0 saturated heterocycles. The fourth-order valence-electron chi connectivity index (χ4n) is 4.21. The molecule has 0 amide bonds. The molecular formula is C30H53F10NO5. The summed E-state index contributed by atoms with van der Waals surface area (Å²) in [5, 5.41) is 0. The lowest BCUT2D eigenvalue weighted by Gasteiger charge is -2.50. The minimum Gasteiger partial charge on any atom is -0.376 e. The average Bonchev–Trinajstić information content (AvgIpc) is 2.73. The zero-order valence-corrected chi connectivity index (χ0v) is 29.3. The van der Waals surface area contributed by atoms with E-state index in [0.29, 0.717) is 41.5 Å². The summed E-state index contributed by atoms with van der Waals surface area (Å²) < 4.78 is 175. The predicted octanol–water partition coefficient (Wildman–Crippen LogP) is 9.39. The van der Waals surface area contributed by atoms with E-state index in [0.717, 1.165) is 0 Å². The minimum atomic E-state index is -5.82. The molecule has 0 aromatic carbocycles. The summed E-state index contributed by atoms with van der Waals surface area (Å²) in [7, 11) is 0. The number of ether oxygens (including phenoxy) is 5. The van der Waals surface area contributed by atoms with Crippen LogP contribution in [0.2, 0.25) is 0 Å². The molecule has 0 aromatic rings. The molecule has 0 radical (unpaired) electrons. The van der Waals surface area contributed by atoms with Crippen molar-refractivity contribution in [3.8, 4) is 0 Å². The average molecular weight is 698 g/mol. The highest BCUT2D eigenvalue weighted by molar-refractivity contribution is 5.02. The molecule has 0 heterocycles. The maximum absolute atomic E-state index is 15.7. The lowest BCUT2D eigenvalue weighted by molar-refractivity contribution is -0.459. The van der Waals surface area contributed by atoms with Gasteiger partial charge in [0, 0.05) is 19.6 Å². The molecule has 0 aromatic heterocycles. The maximum Gasteiger partial charge on any atom is 0.424 e. The summed E-state index contributed by atoms with van der Waals surface area (Å²) in [4.78, 5) is 0. The second-order valence-electron chi connectivity index (χ2n) is 15.0. The van der Waals surface area contributed by atoms with E-state index < -0.39 is 76.6 Å². The molecule has 6 nitrogen and oxygen atoms in total. The van der Waals surface area contributed by atoms with Crippen LogP contribution in [0.25, 0.3) is 0 Å². The standard InChI is InChI=1S/C30H53F10NO5/c1-15-42-21(6,7)18-27(33,34)46-25(14,41)28(35,36)30(39,40)44-23(10,11)22(8,9)29(37,38)45-24(12,13)26(31,32)17-20(4,5)43-16-19(2)3/h19H,15-18,41H2,1-14H3. The largest absolute Gasteiger partial charge is 0.424 e. The van der Waals surface area contributed by atoms with Crippen LogP contribution in [0.3, 0.4) is 0 Å². The molecule has 2 N–H and O–H groups in total. The van der Waals surface area contributed by atoms with Crippen molar-refractivity contribution in [2.45, 2.75) is 168 Å². The highest BCUT2D eigenvalue weighted by Gasteiger charge is 2.73. The molecule has 0 rings (SSSR count). The first-order valence-corrected chi connectivity index (χ1v) is 14.8. The Kier molecular flexibility index (Phi) is 13.5. The van der Waals surface area contributed by atoms with Gasteiger partial charge in [-0.05, 0) is 89.0 Å². The predicted molar refractivity (Wildman–Crippen MR) is 152 cm³/mol. The lowest BCUT2D eigenvalue weighted by Crippen LogP contribution is -2.69. The first-order valence-electron chi connectivity index (χ1n) is 14.8. The summed E-state index contributed by atoms with van der Waals surface area (Å²) in [5.41, 5.74) is -11.1. The Balaban J connectivity index is 6.26. The van der Waals surface area contributed by atoms with Gasteiger partial charge in [0.2, 0.25) is 0 Å². The van der Waals surface area contributed by atoms with E-state index in [-0.39, 0.29) is 26.1 Å². The van der Waals surface area contributed by atoms with Crippen molar-refractivity contribution in [1.82, 2.24) is 0 Å². The number of hydrogen-bond acceptors (Lipinski definition) is 6. The number of nitrogens with two attached hydrogens (primary N) is 1. The monoisotopic (exact) mass is 697 g/mol. The van der Waals surface area contributed by atoms with Crippen LogP contribution in [0.15, 0.2) is 0 Å². The van der Waals surface area contributed by atoms with Gasteiger partial charge in [-0.1, -0.05) is 13.8 Å². The molecule has 0 spiro atoms. The Bertz CT molecular complexity index is 997. The van der Waals surface area contributed by atoms with Crippen LogP contribution in [0.1, 0.15) is 110 Å². The first kappa shape index (κ1) is 45.1. The third-order valence-electron chi connectivity index (χ3n) is 7.85. The van der Waals surface area contributed by atoms with Crippen LogP contribution in [0, 0.1) is 11.3 Å². The Morgan fingerprint density at radius 1 is 0.565 bits per heavy atom. The van der Waals surface area contributed by atoms with Crippen molar-refractivity contribution in [2.75, 3.05) is 13.2 Å². The highest BCUT2D eigenvalue weighted by atomic mass is 19.3. The SMILES string of the molecule is CCOC(C)(C)CC(F)(F)OC(C)(N)C(F)(F)C(F)(F)OC(C)(C)C(C)(C)C(F)(F)OC(C)(C)C(F)(F)CC(C)(C)OCC(C)C. The second-order valence-corrected chi connectivity index (χ2v) is 15.0. The van der Waals surface area contributed by atoms with Crippen LogP contribution in [0.5, 0.6) is 0 Å². The van der Waals surface area contributed by atoms with E-state index in [9.17, 15) is 8.78 Å². The van der Waals surface area contributed by atoms with E-state index in [1.165, 1.54) is 34.6 Å². The van der Waals surface area contributed by atoms with Gasteiger partial charge in [-0.15, -0.1) is 0 Å². The maximum atomic E-state index is 15.7. The minimum absolute atomic E-state index is 0.0252. The van der Waals surface area contributed by atoms with Crippen molar-refractivity contribution in [2.24, 2.45) is 17.1 Å². The van der Waals surface area contributed by atoms with Crippen LogP contribution in [-0.2, 0) is 23.7 Å². The number of alkyl halides is 10. The van der Waals surface area contributed by atoms with Gasteiger partial charge < -0.3 is 18.9 Å². The highest BCUT2D eigenvalue weighted by Crippen LogP contribution is 2.55. The number of hydrogen-bond donors (Lipinski definition) is 1. The van der Waals surface area contributed by atoms with Gasteiger partial charge in [-0.25, -0.2) is 8.78 Å². The normalized spacial score (nSPS) is 17.1. The third-order valence-corrected chi connectivity index (χ3v) is 7.85. The van der Waals surface area contributed by atoms with Gasteiger partial charge in [0.05, 0.1) is 28.6 Å². The summed E-state index contributed by atoms with van der Waals surface area (Å²) in [6, 6.07) is 0. The molecule has 1 atom stereocenters. The summed E-state index contributed by atoms with van der Waals surface area (Å²) >= 11 is 0. The van der Waals surface area contributed by atoms with Crippen molar-refractivity contribution < 1.29 is 67.6 Å². The third kappa shape index (κ3) is 10.8. The Morgan fingerprint density at radius 3 is 1.39 bits per heavy atom. The van der Waals surface area contributed by atoms with Gasteiger partial charge in [0.25, 0.3) is 5.92 Å². The van der Waals surface area contributed by atoms with Gasteiger partial charge >= 0.3 is 24.2 Å². The fourth-order valence-corrected chi connectivity index (χ4v) is 4.21. The second kappa shape index (κ2) is 13.8. The van der Waals surface area contributed by atoms with Crippen LogP contribution in [0.4, 0.5) is 43.9 Å². The van der Waals surface area contributed by atoms with E-state index in [1.54, 1.807) is 13.8 Å². The van der Waals surface area contributed by atoms with Crippen LogP contribution >= 0.6 is 0 Å². The topological polar surface area (TPSA) is 72.2 Å². The van der Waals surface area contributed by atoms with Crippen LogP contribution in [-0.4, -0.2) is 71.5 Å². The quantitative estimate of drug-likeness (QED) is 0.101. The smallest absolute Gasteiger partial charge is 0.376 e. The molecular weight excluding hydrogens is 644 g/mol. The Hall–Kier alpha value is -0.940. The molecule has 1 unspecified atom stereocenters. The molecule has 0 aliphatic heterocycles. The summed E-state index contributed by atoms with van der Waals surface area (Å²) in [6.45, 7) is 13.6. The van der Waals surface area contributed by atoms with Gasteiger partial charge in [-0.2, -0.15) is 35.1 Å². The number of rotatable bonds is 20. The molecule has 0 fully saturated rings. The first-order chi connectivity index (χ1) is 19.8. The van der Waals surface area contributed by atoms with Crippen molar-refractivity contribution in [1.29, 1.82) is 0 Å². The van der Waals surface area contributed by atoms with E-state index in [4.69, 9.17) is 15.2 Å². The Morgan fingerprint density at radius 2 is 0.978 bits per heavy atom. The zero-order valence-electron chi connectivity index (χ0n) is 29.3. The molecule has 0 bridgehead atoms. The summed E-state index contributed by atoms with van der Waals surface area (Å²) in [5.74, 6) is -9.78. The van der Waals surface area contributed by atoms with Gasteiger partial charge in [-0.3, -0.25) is 10.5 Å². The van der Waals surface area contributed by atoms with E-state index in [2.05, 4.69) is 14.2 Å². The van der Waals surface area contributed by atoms with Gasteiger partial charge in [0.15, 0.2) is 5.72 Å². The summed E-state index contributed by atoms with van der Waals surface area (Å²) in [6.07, 6.45) is -17.5. The van der Waals surface area contributed by atoms with Crippen molar-refractivity contribution in [3.05, 3.63) is 0 Å². The van der Waals surface area contributed by atoms with Crippen molar-refractivity contribution >= 4 is 0 Å².